The third-order valence-electron chi connectivity index (χ3n) is 4.51. The Morgan fingerprint density at radius 1 is 1.27 bits per heavy atom. The zero-order valence-electron chi connectivity index (χ0n) is 17.6. The quantitative estimate of drug-likeness (QED) is 0.189. The Morgan fingerprint density at radius 2 is 2.06 bits per heavy atom. The first kappa shape index (κ1) is 21.9. The van der Waals surface area contributed by atoms with E-state index in [4.69, 9.17) is 5.73 Å². The summed E-state index contributed by atoms with van der Waals surface area (Å²) >= 11 is 1.32. The average Bonchev–Trinajstić information content (AvgIpc) is 3.53. The number of carbonyl (C=O) groups excluding carboxylic acids is 1. The number of aryl methyl sites for hydroxylation is 1. The van der Waals surface area contributed by atoms with Crippen LogP contribution in [0.1, 0.15) is 35.1 Å². The molecule has 15 heteroatoms. The number of aromatic nitrogens is 8. The van der Waals surface area contributed by atoms with Crippen molar-refractivity contribution in [1.82, 2.24) is 45.5 Å². The van der Waals surface area contributed by atoms with Gasteiger partial charge in [-0.3, -0.25) is 4.79 Å². The number of phenolic OH excluding ortho intramolecular Hbond substituents is 1. The summed E-state index contributed by atoms with van der Waals surface area (Å²) in [6, 6.07) is 6.52. The van der Waals surface area contributed by atoms with E-state index in [1.54, 1.807) is 42.2 Å². The Hall–Kier alpha value is -4.27. The number of benzene rings is 1. The van der Waals surface area contributed by atoms with Crippen molar-refractivity contribution < 1.29 is 14.5 Å². The summed E-state index contributed by atoms with van der Waals surface area (Å²) in [5, 5.41) is 37.5. The lowest BCUT2D eigenvalue weighted by Gasteiger charge is -2.07. The van der Waals surface area contributed by atoms with Crippen LogP contribution in [-0.2, 0) is 12.8 Å². The largest absolute Gasteiger partial charge is 0.508 e. The smallest absolute Gasteiger partial charge is 0.293 e. The minimum Gasteiger partial charge on any atom is -0.508 e. The molecule has 14 nitrogen and oxygen atoms in total. The number of hydrogen-bond acceptors (Lipinski definition) is 12. The SMILES string of the molecule is CC/C(=N/NC(=O)c1nnn(-c2nonc2N)c1CSc1nncn1C)c1ccc(O)cc1. The van der Waals surface area contributed by atoms with E-state index in [-0.39, 0.29) is 28.8 Å². The Kier molecular flexibility index (Phi) is 6.30. The van der Waals surface area contributed by atoms with Crippen LogP contribution in [0.4, 0.5) is 5.82 Å². The zero-order chi connectivity index (χ0) is 23.4. The highest BCUT2D eigenvalue weighted by atomic mass is 32.2. The number of anilines is 1. The predicted molar refractivity (Wildman–Crippen MR) is 117 cm³/mol. The topological polar surface area (TPSA) is 188 Å². The first-order chi connectivity index (χ1) is 16.0. The van der Waals surface area contributed by atoms with Crippen molar-refractivity contribution in [3.8, 4) is 11.6 Å². The number of amides is 1. The molecule has 0 spiro atoms. The van der Waals surface area contributed by atoms with E-state index in [1.165, 1.54) is 16.4 Å². The second-order valence-corrected chi connectivity index (χ2v) is 7.63. The normalized spacial score (nSPS) is 11.6. The highest BCUT2D eigenvalue weighted by Crippen LogP contribution is 2.24. The lowest BCUT2D eigenvalue weighted by atomic mass is 10.1. The number of aromatic hydroxyl groups is 1. The first-order valence-electron chi connectivity index (χ1n) is 9.64. The molecule has 0 aliphatic heterocycles. The van der Waals surface area contributed by atoms with Gasteiger partial charge in [-0.25, -0.2) is 10.1 Å². The average molecular weight is 469 g/mol. The number of nitrogens with one attached hydrogen (secondary N) is 1. The van der Waals surface area contributed by atoms with Crippen molar-refractivity contribution in [2.75, 3.05) is 5.73 Å². The molecular weight excluding hydrogens is 450 g/mol. The van der Waals surface area contributed by atoms with Gasteiger partial charge >= 0.3 is 0 Å². The molecule has 0 unspecified atom stereocenters. The summed E-state index contributed by atoms with van der Waals surface area (Å²) < 4.78 is 7.68. The summed E-state index contributed by atoms with van der Waals surface area (Å²) in [5.74, 6) is -0.0832. The maximum absolute atomic E-state index is 13.0. The lowest BCUT2D eigenvalue weighted by Crippen LogP contribution is -2.22. The van der Waals surface area contributed by atoms with Crippen molar-refractivity contribution in [1.29, 1.82) is 0 Å². The van der Waals surface area contributed by atoms with Gasteiger partial charge in [0, 0.05) is 12.8 Å². The molecule has 3 aromatic heterocycles. The van der Waals surface area contributed by atoms with Crippen LogP contribution in [-0.4, -0.2) is 56.8 Å². The minimum absolute atomic E-state index is 0.00427. The first-order valence-corrected chi connectivity index (χ1v) is 10.6. The molecule has 0 radical (unpaired) electrons. The number of nitrogens with two attached hydrogens (primary N) is 1. The van der Waals surface area contributed by atoms with Gasteiger partial charge in [0.15, 0.2) is 10.9 Å². The summed E-state index contributed by atoms with van der Waals surface area (Å²) in [4.78, 5) is 13.0. The third-order valence-corrected chi connectivity index (χ3v) is 5.56. The van der Waals surface area contributed by atoms with E-state index >= 15 is 0 Å². The van der Waals surface area contributed by atoms with E-state index in [1.807, 2.05) is 6.92 Å². The molecular formula is C18H19N11O3S. The van der Waals surface area contributed by atoms with Crippen LogP contribution in [0.25, 0.3) is 5.82 Å². The second-order valence-electron chi connectivity index (χ2n) is 6.68. The minimum atomic E-state index is -0.574. The second kappa shape index (κ2) is 9.47. The van der Waals surface area contributed by atoms with Crippen LogP contribution in [0.3, 0.4) is 0 Å². The third kappa shape index (κ3) is 4.67. The van der Waals surface area contributed by atoms with E-state index in [0.717, 1.165) is 5.56 Å². The Labute approximate surface area is 190 Å². The van der Waals surface area contributed by atoms with Gasteiger partial charge in [-0.05, 0) is 46.6 Å². The maximum Gasteiger partial charge on any atom is 0.293 e. The molecule has 4 N–H and O–H groups in total. The van der Waals surface area contributed by atoms with Crippen LogP contribution in [0.5, 0.6) is 5.75 Å². The molecule has 4 rings (SSSR count). The number of phenols is 1. The number of nitrogen functional groups attached to an aromatic ring is 1. The Morgan fingerprint density at radius 3 is 2.70 bits per heavy atom. The molecule has 170 valence electrons. The highest BCUT2D eigenvalue weighted by Gasteiger charge is 2.24. The molecule has 3 heterocycles. The molecule has 1 aromatic carbocycles. The summed E-state index contributed by atoms with van der Waals surface area (Å²) in [7, 11) is 1.80. The number of hydrogen-bond donors (Lipinski definition) is 3. The predicted octanol–water partition coefficient (Wildman–Crippen LogP) is 0.903. The van der Waals surface area contributed by atoms with Crippen LogP contribution < -0.4 is 11.2 Å². The van der Waals surface area contributed by atoms with Crippen molar-refractivity contribution in [3.05, 3.63) is 47.5 Å². The van der Waals surface area contributed by atoms with Gasteiger partial charge in [-0.2, -0.15) is 9.78 Å². The van der Waals surface area contributed by atoms with Gasteiger partial charge in [0.1, 0.15) is 12.1 Å². The van der Waals surface area contributed by atoms with E-state index < -0.39 is 5.91 Å². The van der Waals surface area contributed by atoms with E-state index in [0.29, 0.717) is 23.0 Å². The molecule has 0 atom stereocenters. The van der Waals surface area contributed by atoms with Gasteiger partial charge in [-0.15, -0.1) is 15.3 Å². The standard InChI is InChI=1S/C18H19N11O3S/c1-3-12(10-4-6-11(30)7-5-10)21-23-17(31)14-13(8-33-18-24-20-9-28(18)2)29(27-22-14)16-15(19)25-32-26-16/h4-7,9,30H,3,8H2,1-2H3,(H2,19,25)(H,23,31)/b21-12-. The highest BCUT2D eigenvalue weighted by molar-refractivity contribution is 7.98. The van der Waals surface area contributed by atoms with Gasteiger partial charge in [0.2, 0.25) is 11.6 Å². The van der Waals surface area contributed by atoms with E-state index in [9.17, 15) is 9.90 Å². The van der Waals surface area contributed by atoms with E-state index in [2.05, 4.69) is 46.0 Å². The number of hydrazone groups is 1. The van der Waals surface area contributed by atoms with Crippen molar-refractivity contribution in [3.63, 3.8) is 0 Å². The molecule has 4 aromatic rings. The molecule has 0 aliphatic carbocycles. The molecule has 0 aliphatic rings. The maximum atomic E-state index is 13.0. The van der Waals surface area contributed by atoms with Gasteiger partial charge in [0.25, 0.3) is 5.91 Å². The number of nitrogens with zero attached hydrogens (tertiary/aromatic N) is 9. The fourth-order valence-corrected chi connectivity index (χ4v) is 3.70. The van der Waals surface area contributed by atoms with Crippen molar-refractivity contribution in [2.24, 2.45) is 12.1 Å². The summed E-state index contributed by atoms with van der Waals surface area (Å²) in [6.07, 6.45) is 2.11. The Bertz CT molecular complexity index is 1290. The monoisotopic (exact) mass is 469 g/mol. The fraction of sp³-hybridized carbons (Fsp3) is 0.222. The molecule has 0 saturated heterocycles. The Balaban J connectivity index is 1.62. The van der Waals surface area contributed by atoms with Crippen LogP contribution in [0.2, 0.25) is 0 Å². The van der Waals surface area contributed by atoms with Gasteiger partial charge < -0.3 is 15.4 Å². The number of thioether (sulfide) groups is 1. The van der Waals surface area contributed by atoms with Gasteiger partial charge in [-0.1, -0.05) is 23.9 Å². The molecule has 1 amide bonds. The summed E-state index contributed by atoms with van der Waals surface area (Å²) in [6.45, 7) is 1.90. The fourth-order valence-electron chi connectivity index (χ4n) is 2.82. The molecule has 33 heavy (non-hydrogen) atoms. The lowest BCUT2D eigenvalue weighted by molar-refractivity contribution is 0.0949. The molecule has 0 bridgehead atoms. The van der Waals surface area contributed by atoms with Gasteiger partial charge in [0.05, 0.1) is 11.4 Å². The number of rotatable bonds is 8. The van der Waals surface area contributed by atoms with Crippen molar-refractivity contribution in [2.45, 2.75) is 24.3 Å². The van der Waals surface area contributed by atoms with Crippen LogP contribution in [0.15, 0.2) is 45.5 Å². The van der Waals surface area contributed by atoms with Crippen LogP contribution in [0, 0.1) is 0 Å². The number of carbonyl (C=O) groups is 1. The molecule has 0 fully saturated rings. The molecule has 0 saturated carbocycles. The summed E-state index contributed by atoms with van der Waals surface area (Å²) in [5.41, 5.74) is 10.1. The van der Waals surface area contributed by atoms with Crippen LogP contribution >= 0.6 is 11.8 Å². The van der Waals surface area contributed by atoms with Crippen molar-refractivity contribution >= 4 is 29.2 Å². The zero-order valence-corrected chi connectivity index (χ0v) is 18.4.